The summed E-state index contributed by atoms with van der Waals surface area (Å²) in [7, 11) is 0. The molecule has 4 heteroatoms. The smallest absolute Gasteiger partial charge is 0.258 e. The Bertz CT molecular complexity index is 233. The summed E-state index contributed by atoms with van der Waals surface area (Å²) in [5.41, 5.74) is -0.808. The van der Waals surface area contributed by atoms with Crippen molar-refractivity contribution in [1.82, 2.24) is 4.90 Å². The van der Waals surface area contributed by atoms with Gasteiger partial charge in [-0.25, -0.2) is 8.78 Å². The second-order valence-corrected chi connectivity index (χ2v) is 3.76. The fourth-order valence-electron chi connectivity index (χ4n) is 1.81. The lowest BCUT2D eigenvalue weighted by Crippen LogP contribution is -2.53. The molecule has 2 fully saturated rings. The molecule has 1 aliphatic carbocycles. The van der Waals surface area contributed by atoms with E-state index >= 15 is 0 Å². The number of hydrogen-bond acceptors (Lipinski definition) is 1. The minimum atomic E-state index is -2.49. The Morgan fingerprint density at radius 2 is 2.00 bits per heavy atom. The first kappa shape index (κ1) is 7.95. The minimum Gasteiger partial charge on any atom is -0.341 e. The van der Waals surface area contributed by atoms with Crippen LogP contribution in [-0.2, 0) is 4.79 Å². The molecular formula is C8H11F2NO. The van der Waals surface area contributed by atoms with Gasteiger partial charge in [-0.05, 0) is 0 Å². The standard InChI is InChI=1S/C8H11F2NO/c1-2-6(12)11-4-7(5-11)3-8(7,9)10/h2-5H2,1H3. The molecular weight excluding hydrogens is 164 g/mol. The van der Waals surface area contributed by atoms with Gasteiger partial charge in [0.2, 0.25) is 5.91 Å². The fourth-order valence-corrected chi connectivity index (χ4v) is 1.81. The summed E-state index contributed by atoms with van der Waals surface area (Å²) in [6.45, 7) is 2.29. The van der Waals surface area contributed by atoms with Crippen LogP contribution >= 0.6 is 0 Å². The maximum Gasteiger partial charge on any atom is 0.258 e. The van der Waals surface area contributed by atoms with Crippen LogP contribution in [0.1, 0.15) is 19.8 Å². The van der Waals surface area contributed by atoms with Crippen LogP contribution in [0.25, 0.3) is 0 Å². The van der Waals surface area contributed by atoms with E-state index in [9.17, 15) is 13.6 Å². The normalized spacial score (nSPS) is 28.4. The molecule has 1 aliphatic heterocycles. The molecule has 12 heavy (non-hydrogen) atoms. The molecule has 2 rings (SSSR count). The van der Waals surface area contributed by atoms with Gasteiger partial charge in [-0.15, -0.1) is 0 Å². The molecule has 0 bridgehead atoms. The third-order valence-corrected chi connectivity index (χ3v) is 2.85. The summed E-state index contributed by atoms with van der Waals surface area (Å²) in [6.07, 6.45) is 0.398. The Morgan fingerprint density at radius 3 is 2.33 bits per heavy atom. The number of carbonyl (C=O) groups excluding carboxylic acids is 1. The predicted molar refractivity (Wildman–Crippen MR) is 38.9 cm³/mol. The van der Waals surface area contributed by atoms with E-state index in [1.54, 1.807) is 6.92 Å². The zero-order chi connectivity index (χ0) is 8.98. The van der Waals surface area contributed by atoms with Crippen LogP contribution in [0.4, 0.5) is 8.78 Å². The highest BCUT2D eigenvalue weighted by atomic mass is 19.3. The number of hydrogen-bond donors (Lipinski definition) is 0. The number of carbonyl (C=O) groups is 1. The number of amides is 1. The molecule has 0 atom stereocenters. The van der Waals surface area contributed by atoms with Gasteiger partial charge in [0.25, 0.3) is 5.92 Å². The first-order valence-electron chi connectivity index (χ1n) is 4.16. The van der Waals surface area contributed by atoms with Gasteiger partial charge >= 0.3 is 0 Å². The Labute approximate surface area is 69.5 Å². The van der Waals surface area contributed by atoms with Gasteiger partial charge in [0.05, 0.1) is 5.41 Å². The molecule has 1 spiro atoms. The summed E-state index contributed by atoms with van der Waals surface area (Å²) in [6, 6.07) is 0. The average molecular weight is 175 g/mol. The minimum absolute atomic E-state index is 0.0108. The van der Waals surface area contributed by atoms with E-state index in [-0.39, 0.29) is 25.4 Å². The van der Waals surface area contributed by atoms with E-state index < -0.39 is 11.3 Å². The van der Waals surface area contributed by atoms with Crippen LogP contribution < -0.4 is 0 Å². The van der Waals surface area contributed by atoms with Gasteiger partial charge in [0.15, 0.2) is 0 Å². The zero-order valence-corrected chi connectivity index (χ0v) is 6.94. The van der Waals surface area contributed by atoms with E-state index in [2.05, 4.69) is 0 Å². The average Bonchev–Trinajstić information content (AvgIpc) is 2.49. The van der Waals surface area contributed by atoms with E-state index in [1.165, 1.54) is 4.90 Å². The molecule has 0 N–H and O–H groups in total. The molecule has 1 amide bonds. The molecule has 2 nitrogen and oxygen atoms in total. The SMILES string of the molecule is CCC(=O)N1CC2(C1)CC2(F)F. The van der Waals surface area contributed by atoms with Crippen molar-refractivity contribution in [3.63, 3.8) is 0 Å². The molecule has 0 radical (unpaired) electrons. The van der Waals surface area contributed by atoms with Gasteiger partial charge in [0.1, 0.15) is 0 Å². The lowest BCUT2D eigenvalue weighted by atomic mass is 9.95. The van der Waals surface area contributed by atoms with Crippen LogP contribution in [0.3, 0.4) is 0 Å². The monoisotopic (exact) mass is 175 g/mol. The largest absolute Gasteiger partial charge is 0.341 e. The summed E-state index contributed by atoms with van der Waals surface area (Å²) >= 11 is 0. The van der Waals surface area contributed by atoms with E-state index in [0.717, 1.165) is 0 Å². The fraction of sp³-hybridized carbons (Fsp3) is 0.875. The summed E-state index contributed by atoms with van der Waals surface area (Å²) in [5.74, 6) is -2.50. The molecule has 2 aliphatic rings. The molecule has 0 unspecified atom stereocenters. The summed E-state index contributed by atoms with van der Waals surface area (Å²) in [5, 5.41) is 0. The topological polar surface area (TPSA) is 20.3 Å². The van der Waals surface area contributed by atoms with Gasteiger partial charge in [0, 0.05) is 25.9 Å². The Balaban J connectivity index is 1.90. The van der Waals surface area contributed by atoms with Gasteiger partial charge in [-0.1, -0.05) is 6.92 Å². The van der Waals surface area contributed by atoms with Crippen LogP contribution in [0.15, 0.2) is 0 Å². The molecule has 1 saturated heterocycles. The highest BCUT2D eigenvalue weighted by Gasteiger charge is 2.76. The predicted octanol–water partition coefficient (Wildman–Crippen LogP) is 1.26. The Hall–Kier alpha value is -0.670. The number of halogens is 2. The van der Waals surface area contributed by atoms with Crippen molar-refractivity contribution < 1.29 is 13.6 Å². The van der Waals surface area contributed by atoms with Crippen molar-refractivity contribution in [1.29, 1.82) is 0 Å². The zero-order valence-electron chi connectivity index (χ0n) is 6.94. The van der Waals surface area contributed by atoms with Crippen molar-refractivity contribution in [3.8, 4) is 0 Å². The van der Waals surface area contributed by atoms with Crippen LogP contribution in [0, 0.1) is 5.41 Å². The Morgan fingerprint density at radius 1 is 1.50 bits per heavy atom. The van der Waals surface area contributed by atoms with Crippen LogP contribution in [0.5, 0.6) is 0 Å². The summed E-state index contributed by atoms with van der Waals surface area (Å²) < 4.78 is 25.3. The van der Waals surface area contributed by atoms with Gasteiger partial charge < -0.3 is 4.90 Å². The number of nitrogens with zero attached hydrogens (tertiary/aromatic N) is 1. The third kappa shape index (κ3) is 0.807. The second kappa shape index (κ2) is 1.98. The first-order valence-corrected chi connectivity index (χ1v) is 4.16. The number of rotatable bonds is 1. The summed E-state index contributed by atoms with van der Waals surface area (Å²) in [4.78, 5) is 12.5. The number of alkyl halides is 2. The molecule has 0 aromatic heterocycles. The highest BCUT2D eigenvalue weighted by Crippen LogP contribution is 2.65. The first-order chi connectivity index (χ1) is 5.51. The van der Waals surface area contributed by atoms with E-state index in [4.69, 9.17) is 0 Å². The van der Waals surface area contributed by atoms with Crippen molar-refractivity contribution in [2.75, 3.05) is 13.1 Å². The van der Waals surface area contributed by atoms with E-state index in [0.29, 0.717) is 6.42 Å². The second-order valence-electron chi connectivity index (χ2n) is 3.76. The maximum absolute atomic E-state index is 12.6. The molecule has 0 aromatic carbocycles. The molecule has 0 aromatic rings. The lowest BCUT2D eigenvalue weighted by molar-refractivity contribution is -0.141. The molecule has 68 valence electrons. The number of likely N-dealkylation sites (tertiary alicyclic amines) is 1. The highest BCUT2D eigenvalue weighted by molar-refractivity contribution is 5.77. The van der Waals surface area contributed by atoms with E-state index in [1.807, 2.05) is 0 Å². The van der Waals surface area contributed by atoms with Gasteiger partial charge in [-0.3, -0.25) is 4.79 Å². The van der Waals surface area contributed by atoms with Crippen molar-refractivity contribution in [2.45, 2.75) is 25.7 Å². The maximum atomic E-state index is 12.6. The van der Waals surface area contributed by atoms with Crippen molar-refractivity contribution >= 4 is 5.91 Å². The van der Waals surface area contributed by atoms with Crippen molar-refractivity contribution in [3.05, 3.63) is 0 Å². The van der Waals surface area contributed by atoms with Gasteiger partial charge in [-0.2, -0.15) is 0 Å². The van der Waals surface area contributed by atoms with Crippen molar-refractivity contribution in [2.24, 2.45) is 5.41 Å². The van der Waals surface area contributed by atoms with Crippen LogP contribution in [-0.4, -0.2) is 29.8 Å². The third-order valence-electron chi connectivity index (χ3n) is 2.85. The molecule has 1 saturated carbocycles. The van der Waals surface area contributed by atoms with Crippen LogP contribution in [0.2, 0.25) is 0 Å². The lowest BCUT2D eigenvalue weighted by Gasteiger charge is -2.39. The Kier molecular flexibility index (Phi) is 1.31. The quantitative estimate of drug-likeness (QED) is 0.587. The molecule has 1 heterocycles.